The number of aliphatic hydroxyl groups excluding tert-OH is 1. The zero-order valence-electron chi connectivity index (χ0n) is 27.6. The molecule has 2 aromatic rings. The predicted molar refractivity (Wildman–Crippen MR) is 167 cm³/mol. The summed E-state index contributed by atoms with van der Waals surface area (Å²) >= 11 is 0. The van der Waals surface area contributed by atoms with Gasteiger partial charge in [-0.05, 0) is 65.2 Å². The number of rotatable bonds is 9. The summed E-state index contributed by atoms with van der Waals surface area (Å²) in [5.74, 6) is -1.48. The van der Waals surface area contributed by atoms with Crippen LogP contribution in [0.1, 0.15) is 74.7 Å². The average molecular weight is 691 g/mol. The lowest BCUT2D eigenvalue weighted by Crippen LogP contribution is -2.48. The third-order valence-corrected chi connectivity index (χ3v) is 10.1. The van der Waals surface area contributed by atoms with Crippen LogP contribution in [0.2, 0.25) is 0 Å². The largest absolute Gasteiger partial charge is 0.490 e. The molecular weight excluding hydrogens is 645 g/mol. The van der Waals surface area contributed by atoms with Crippen LogP contribution >= 0.6 is 0 Å². The van der Waals surface area contributed by atoms with Crippen molar-refractivity contribution < 1.29 is 50.3 Å². The number of benzene rings is 1. The molecule has 264 valence electrons. The van der Waals surface area contributed by atoms with Crippen molar-refractivity contribution in [1.82, 2.24) is 14.4 Å². The Hall–Kier alpha value is -3.21. The Labute approximate surface area is 273 Å². The average Bonchev–Trinajstić information content (AvgIpc) is 3.35. The molecule has 47 heavy (non-hydrogen) atoms. The Kier molecular flexibility index (Phi) is 13.2. The molecule has 16 heteroatoms. The molecule has 2 heterocycles. The van der Waals surface area contributed by atoms with Gasteiger partial charge < -0.3 is 29.3 Å². The van der Waals surface area contributed by atoms with Crippen LogP contribution in [0.25, 0.3) is 0 Å². The predicted octanol–water partition coefficient (Wildman–Crippen LogP) is 4.69. The second-order valence-corrected chi connectivity index (χ2v) is 14.1. The molecule has 0 saturated heterocycles. The standard InChI is InChI=1S/C31H45F3N4O8S/c1-19-16-38(20(2)18-39)30(41)25-15-24(35-28(40)12-13-31(32,33)34)10-11-26(25)45-21(3)9-7-8-14-44-27(19)17-37(6)47(42,43)29-22(4)36-46-23(29)5/h10-11,15,19-21,27,39H,7-9,12-14,16-18H2,1-6H3,(H,35,40)/t19-,20+,21-,27+/m1/s1. The second-order valence-electron chi connectivity index (χ2n) is 12.1. The molecule has 2 N–H and O–H groups in total. The van der Waals surface area contributed by atoms with Crippen LogP contribution in [0, 0.1) is 19.8 Å². The van der Waals surface area contributed by atoms with Gasteiger partial charge in [-0.25, -0.2) is 8.42 Å². The topological polar surface area (TPSA) is 152 Å². The highest BCUT2D eigenvalue weighted by Gasteiger charge is 2.34. The van der Waals surface area contributed by atoms with Gasteiger partial charge in [-0.2, -0.15) is 17.5 Å². The van der Waals surface area contributed by atoms with Crippen LogP contribution in [-0.4, -0.2) is 97.5 Å². The minimum Gasteiger partial charge on any atom is -0.490 e. The molecule has 0 radical (unpaired) electrons. The van der Waals surface area contributed by atoms with Gasteiger partial charge >= 0.3 is 6.18 Å². The van der Waals surface area contributed by atoms with Gasteiger partial charge in [-0.15, -0.1) is 0 Å². The smallest absolute Gasteiger partial charge is 0.389 e. The van der Waals surface area contributed by atoms with E-state index < -0.39 is 65.5 Å². The van der Waals surface area contributed by atoms with Gasteiger partial charge in [-0.3, -0.25) is 9.59 Å². The van der Waals surface area contributed by atoms with E-state index in [0.29, 0.717) is 25.9 Å². The third kappa shape index (κ3) is 10.4. The number of carbonyl (C=O) groups excluding carboxylic acids is 2. The number of carbonyl (C=O) groups is 2. The summed E-state index contributed by atoms with van der Waals surface area (Å²) in [4.78, 5) is 27.8. The molecule has 0 saturated carbocycles. The Morgan fingerprint density at radius 3 is 2.55 bits per heavy atom. The van der Waals surface area contributed by atoms with Crippen molar-refractivity contribution in [3.05, 3.63) is 35.2 Å². The fraction of sp³-hybridized carbons (Fsp3) is 0.645. The number of hydrogen-bond acceptors (Lipinski definition) is 9. The first-order valence-electron chi connectivity index (χ1n) is 15.5. The minimum absolute atomic E-state index is 0.0221. The van der Waals surface area contributed by atoms with E-state index in [4.69, 9.17) is 14.0 Å². The van der Waals surface area contributed by atoms with E-state index in [9.17, 15) is 36.3 Å². The first kappa shape index (κ1) is 38.2. The van der Waals surface area contributed by atoms with Crippen LogP contribution in [0.3, 0.4) is 0 Å². The highest BCUT2D eigenvalue weighted by Crippen LogP contribution is 2.30. The Morgan fingerprint density at radius 2 is 1.94 bits per heavy atom. The van der Waals surface area contributed by atoms with Gasteiger partial charge in [0, 0.05) is 44.8 Å². The maximum Gasteiger partial charge on any atom is 0.389 e. The summed E-state index contributed by atoms with van der Waals surface area (Å²) in [6.07, 6.45) is -5.60. The number of aryl methyl sites for hydroxylation is 2. The zero-order chi connectivity index (χ0) is 35.1. The first-order valence-corrected chi connectivity index (χ1v) is 17.0. The molecule has 1 aliphatic heterocycles. The lowest BCUT2D eigenvalue weighted by molar-refractivity contribution is -0.142. The molecule has 1 aliphatic rings. The summed E-state index contributed by atoms with van der Waals surface area (Å²) in [6.45, 7) is 8.28. The van der Waals surface area contributed by atoms with Crippen molar-refractivity contribution in [2.75, 3.05) is 38.7 Å². The van der Waals surface area contributed by atoms with Crippen molar-refractivity contribution in [3.8, 4) is 5.75 Å². The molecule has 0 fully saturated rings. The summed E-state index contributed by atoms with van der Waals surface area (Å²) in [7, 11) is -2.57. The Bertz CT molecular complexity index is 1460. The summed E-state index contributed by atoms with van der Waals surface area (Å²) in [5.41, 5.74) is 0.387. The SMILES string of the molecule is Cc1noc(C)c1S(=O)(=O)N(C)C[C@@H]1OCCCC[C@@H](C)Oc2ccc(NC(=O)CCC(F)(F)F)cc2C(=O)N([C@@H](C)CO)C[C@H]1C. The van der Waals surface area contributed by atoms with E-state index in [1.54, 1.807) is 13.8 Å². The van der Waals surface area contributed by atoms with Crippen LogP contribution in [0.4, 0.5) is 18.9 Å². The van der Waals surface area contributed by atoms with Crippen LogP contribution < -0.4 is 10.1 Å². The fourth-order valence-corrected chi connectivity index (χ4v) is 6.76. The maximum atomic E-state index is 14.2. The number of nitrogens with one attached hydrogen (secondary N) is 1. The molecule has 0 aliphatic carbocycles. The second kappa shape index (κ2) is 16.3. The van der Waals surface area contributed by atoms with Crippen LogP contribution in [0.5, 0.6) is 5.75 Å². The van der Waals surface area contributed by atoms with Gasteiger partial charge in [0.1, 0.15) is 16.3 Å². The zero-order valence-corrected chi connectivity index (χ0v) is 28.4. The number of halogens is 3. The number of likely N-dealkylation sites (N-methyl/N-ethyl adjacent to an activating group) is 1. The number of nitrogens with zero attached hydrogens (tertiary/aromatic N) is 3. The normalized spacial score (nSPS) is 21.1. The number of fused-ring (bicyclic) bond motifs is 1. The lowest BCUT2D eigenvalue weighted by atomic mass is 10.0. The van der Waals surface area contributed by atoms with Gasteiger partial charge in [0.25, 0.3) is 5.91 Å². The molecule has 4 atom stereocenters. The molecular formula is C31H45F3N4O8S. The van der Waals surface area contributed by atoms with Crippen molar-refractivity contribution in [2.24, 2.45) is 5.92 Å². The van der Waals surface area contributed by atoms with E-state index in [0.717, 1.165) is 0 Å². The Balaban J connectivity index is 1.95. The molecule has 0 spiro atoms. The number of sulfonamides is 1. The lowest BCUT2D eigenvalue weighted by Gasteiger charge is -2.35. The number of ether oxygens (including phenoxy) is 2. The van der Waals surface area contributed by atoms with Gasteiger partial charge in [0.15, 0.2) is 5.76 Å². The highest BCUT2D eigenvalue weighted by molar-refractivity contribution is 7.89. The number of anilines is 1. The number of alkyl halides is 3. The van der Waals surface area contributed by atoms with Crippen molar-refractivity contribution in [2.45, 2.75) is 96.0 Å². The van der Waals surface area contributed by atoms with Gasteiger partial charge in [0.05, 0.1) is 36.8 Å². The quantitative estimate of drug-likeness (QED) is 0.382. The van der Waals surface area contributed by atoms with Crippen molar-refractivity contribution in [3.63, 3.8) is 0 Å². The third-order valence-electron chi connectivity index (χ3n) is 8.04. The molecule has 3 rings (SSSR count). The number of aromatic nitrogens is 1. The first-order chi connectivity index (χ1) is 21.9. The molecule has 0 unspecified atom stereocenters. The molecule has 0 bridgehead atoms. The number of hydrogen-bond donors (Lipinski definition) is 2. The molecule has 2 amide bonds. The molecule has 12 nitrogen and oxygen atoms in total. The monoisotopic (exact) mass is 690 g/mol. The molecule has 1 aromatic carbocycles. The van der Waals surface area contributed by atoms with E-state index in [-0.39, 0.29) is 52.5 Å². The van der Waals surface area contributed by atoms with Crippen molar-refractivity contribution in [1.29, 1.82) is 0 Å². The van der Waals surface area contributed by atoms with E-state index in [2.05, 4.69) is 10.5 Å². The Morgan fingerprint density at radius 1 is 1.23 bits per heavy atom. The highest BCUT2D eigenvalue weighted by atomic mass is 32.2. The van der Waals surface area contributed by atoms with Crippen LogP contribution in [-0.2, 0) is 19.6 Å². The summed E-state index contributed by atoms with van der Waals surface area (Å²) in [5, 5.41) is 16.3. The maximum absolute atomic E-state index is 14.2. The van der Waals surface area contributed by atoms with E-state index in [1.807, 2.05) is 13.8 Å². The summed E-state index contributed by atoms with van der Waals surface area (Å²) < 4.78 is 83.6. The summed E-state index contributed by atoms with van der Waals surface area (Å²) in [6, 6.07) is 3.59. The van der Waals surface area contributed by atoms with Crippen molar-refractivity contribution >= 4 is 27.5 Å². The number of aliphatic hydroxyl groups is 1. The van der Waals surface area contributed by atoms with Gasteiger partial charge in [-0.1, -0.05) is 12.1 Å². The minimum atomic E-state index is -4.50. The number of amides is 2. The van der Waals surface area contributed by atoms with Gasteiger partial charge in [0.2, 0.25) is 15.9 Å². The van der Waals surface area contributed by atoms with Crippen LogP contribution in [0.15, 0.2) is 27.6 Å². The fourth-order valence-electron chi connectivity index (χ4n) is 5.29. The van der Waals surface area contributed by atoms with E-state index in [1.165, 1.54) is 41.4 Å². The van der Waals surface area contributed by atoms with E-state index >= 15 is 0 Å². The molecule has 1 aromatic heterocycles.